The number of rotatable bonds is 2. The van der Waals surface area contributed by atoms with E-state index in [0.717, 1.165) is 0 Å². The van der Waals surface area contributed by atoms with E-state index >= 15 is 0 Å². The minimum atomic E-state index is 1.17. The molecule has 11 rings (SSSR count). The van der Waals surface area contributed by atoms with Gasteiger partial charge in [-0.05, 0) is 91.6 Å². The largest absolute Gasteiger partial charge is 0.309 e. The molecule has 2 nitrogen and oxygen atoms in total. The number of fused-ring (bicyclic) bond motifs is 13. The highest BCUT2D eigenvalue weighted by Gasteiger charge is 2.20. The van der Waals surface area contributed by atoms with Gasteiger partial charge in [-0.2, -0.15) is 0 Å². The van der Waals surface area contributed by atoms with Crippen LogP contribution in [0, 0.1) is 0 Å². The Morgan fingerprint density at radius 2 is 0.625 bits per heavy atom. The van der Waals surface area contributed by atoms with Crippen molar-refractivity contribution in [2.24, 2.45) is 0 Å². The van der Waals surface area contributed by atoms with Crippen molar-refractivity contribution in [3.05, 3.63) is 170 Å². The summed E-state index contributed by atoms with van der Waals surface area (Å²) in [6.07, 6.45) is 0. The summed E-state index contributed by atoms with van der Waals surface area (Å²) in [4.78, 5) is 0. The minimum Gasteiger partial charge on any atom is -0.309 e. The molecule has 11 aromatic rings. The van der Waals surface area contributed by atoms with Gasteiger partial charge >= 0.3 is 0 Å². The molecule has 0 atom stereocenters. The van der Waals surface area contributed by atoms with Crippen molar-refractivity contribution in [3.8, 4) is 11.4 Å². The molecule has 0 amide bonds. The van der Waals surface area contributed by atoms with E-state index in [2.05, 4.69) is 179 Å². The first-order valence-electron chi connectivity index (χ1n) is 16.6. The first-order chi connectivity index (χ1) is 23.8. The highest BCUT2D eigenvalue weighted by atomic mass is 15.0. The average Bonchev–Trinajstić information content (AvgIpc) is 3.67. The number of aromatic nitrogens is 2. The van der Waals surface area contributed by atoms with Gasteiger partial charge in [-0.15, -0.1) is 0 Å². The van der Waals surface area contributed by atoms with Gasteiger partial charge in [0.2, 0.25) is 0 Å². The maximum atomic E-state index is 2.45. The lowest BCUT2D eigenvalue weighted by atomic mass is 10.0. The van der Waals surface area contributed by atoms with Crippen LogP contribution >= 0.6 is 0 Å². The van der Waals surface area contributed by atoms with Gasteiger partial charge in [0.05, 0.1) is 22.1 Å². The molecule has 9 aromatic carbocycles. The van der Waals surface area contributed by atoms with Crippen molar-refractivity contribution in [2.75, 3.05) is 0 Å². The third-order valence-electron chi connectivity index (χ3n) is 10.4. The van der Waals surface area contributed by atoms with Crippen LogP contribution in [0.1, 0.15) is 0 Å². The number of hydrogen-bond donors (Lipinski definition) is 0. The van der Waals surface area contributed by atoms with Crippen LogP contribution in [0.4, 0.5) is 0 Å². The first-order valence-corrected chi connectivity index (χ1v) is 16.6. The van der Waals surface area contributed by atoms with E-state index in [1.54, 1.807) is 0 Å². The molecule has 0 spiro atoms. The van der Waals surface area contributed by atoms with Gasteiger partial charge < -0.3 is 9.13 Å². The quantitative estimate of drug-likeness (QED) is 0.173. The van der Waals surface area contributed by atoms with Crippen LogP contribution in [-0.2, 0) is 0 Å². The molecule has 0 aliphatic heterocycles. The Labute approximate surface area is 276 Å². The Bertz CT molecular complexity index is 2910. The molecule has 0 aliphatic rings. The fourth-order valence-electron chi connectivity index (χ4n) is 8.35. The lowest BCUT2D eigenvalue weighted by Gasteiger charge is -2.12. The predicted molar refractivity (Wildman–Crippen MR) is 205 cm³/mol. The average molecular weight is 609 g/mol. The van der Waals surface area contributed by atoms with Gasteiger partial charge in [0.25, 0.3) is 0 Å². The molecule has 0 saturated heterocycles. The molecule has 0 N–H and O–H groups in total. The van der Waals surface area contributed by atoms with E-state index < -0.39 is 0 Å². The second kappa shape index (κ2) is 9.57. The van der Waals surface area contributed by atoms with Crippen molar-refractivity contribution < 1.29 is 0 Å². The van der Waals surface area contributed by atoms with E-state index in [4.69, 9.17) is 0 Å². The van der Waals surface area contributed by atoms with E-state index in [-0.39, 0.29) is 0 Å². The summed E-state index contributed by atoms with van der Waals surface area (Å²) in [5, 5.41) is 15.3. The molecule has 0 fully saturated rings. The second-order valence-corrected chi connectivity index (χ2v) is 12.9. The molecule has 0 saturated carbocycles. The summed E-state index contributed by atoms with van der Waals surface area (Å²) < 4.78 is 4.90. The monoisotopic (exact) mass is 608 g/mol. The highest BCUT2D eigenvalue weighted by molar-refractivity contribution is 6.29. The van der Waals surface area contributed by atoms with Crippen molar-refractivity contribution in [2.45, 2.75) is 0 Å². The zero-order valence-corrected chi connectivity index (χ0v) is 26.1. The lowest BCUT2D eigenvalue weighted by molar-refractivity contribution is 1.18. The highest BCUT2D eigenvalue weighted by Crippen LogP contribution is 2.43. The van der Waals surface area contributed by atoms with E-state index in [0.29, 0.717) is 0 Å². The molecule has 0 aliphatic carbocycles. The second-order valence-electron chi connectivity index (χ2n) is 12.9. The summed E-state index contributed by atoms with van der Waals surface area (Å²) in [5.41, 5.74) is 7.22. The topological polar surface area (TPSA) is 9.86 Å². The third-order valence-corrected chi connectivity index (χ3v) is 10.4. The standard InChI is InChI=1S/C46H28N2/c1-3-11-35-29(9-1)17-19-31-27-33(21-23-37(31)35)47-41-15-7-5-13-39(41)45-43(47)25-26-44-46(45)40-14-6-8-16-42(40)48(44)34-22-24-38-32(28-34)20-18-30-10-2-4-12-36(30)38/h1-28H. The van der Waals surface area contributed by atoms with Crippen LogP contribution in [0.25, 0.3) is 98.1 Å². The maximum Gasteiger partial charge on any atom is 0.0548 e. The molecule has 2 aromatic heterocycles. The molecule has 2 heteroatoms. The van der Waals surface area contributed by atoms with Crippen LogP contribution in [0.5, 0.6) is 0 Å². The van der Waals surface area contributed by atoms with Gasteiger partial charge in [0.1, 0.15) is 0 Å². The van der Waals surface area contributed by atoms with Crippen LogP contribution in [0.2, 0.25) is 0 Å². The van der Waals surface area contributed by atoms with Gasteiger partial charge in [-0.25, -0.2) is 0 Å². The molecule has 0 bridgehead atoms. The van der Waals surface area contributed by atoms with E-state index in [1.807, 2.05) is 0 Å². The van der Waals surface area contributed by atoms with Gasteiger partial charge in [-0.3, -0.25) is 0 Å². The summed E-state index contributed by atoms with van der Waals surface area (Å²) in [6, 6.07) is 62.6. The Morgan fingerprint density at radius 3 is 1.10 bits per heavy atom. The van der Waals surface area contributed by atoms with Crippen molar-refractivity contribution in [3.63, 3.8) is 0 Å². The maximum absolute atomic E-state index is 2.45. The van der Waals surface area contributed by atoms with Crippen molar-refractivity contribution in [1.82, 2.24) is 9.13 Å². The van der Waals surface area contributed by atoms with Crippen molar-refractivity contribution in [1.29, 1.82) is 0 Å². The van der Waals surface area contributed by atoms with Crippen LogP contribution in [0.15, 0.2) is 170 Å². The summed E-state index contributed by atoms with van der Waals surface area (Å²) in [7, 11) is 0. The lowest BCUT2D eigenvalue weighted by Crippen LogP contribution is -1.95. The molecule has 2 heterocycles. The number of hydrogen-bond acceptors (Lipinski definition) is 0. The zero-order valence-electron chi connectivity index (χ0n) is 26.1. The van der Waals surface area contributed by atoms with Gasteiger partial charge in [0.15, 0.2) is 0 Å². The molecule has 0 radical (unpaired) electrons. The van der Waals surface area contributed by atoms with Gasteiger partial charge in [0, 0.05) is 32.9 Å². The molecule has 222 valence electrons. The third kappa shape index (κ3) is 3.46. The molecule has 48 heavy (non-hydrogen) atoms. The summed E-state index contributed by atoms with van der Waals surface area (Å²) >= 11 is 0. The number of para-hydroxylation sites is 2. The smallest absolute Gasteiger partial charge is 0.0548 e. The van der Waals surface area contributed by atoms with Crippen LogP contribution in [-0.4, -0.2) is 9.13 Å². The molecule has 0 unspecified atom stereocenters. The number of nitrogens with zero attached hydrogens (tertiary/aromatic N) is 2. The number of benzene rings is 9. The fourth-order valence-corrected chi connectivity index (χ4v) is 8.35. The van der Waals surface area contributed by atoms with Crippen LogP contribution < -0.4 is 0 Å². The molecular weight excluding hydrogens is 581 g/mol. The SMILES string of the molecule is c1ccc2c(c1)ccc1cc(-n3c4ccccc4c4c5c6ccccc6n(-c6ccc7c(ccc8ccccc87)c6)c5ccc43)ccc12. The molecular formula is C46H28N2. The Hall–Kier alpha value is -6.38. The minimum absolute atomic E-state index is 1.17. The summed E-state index contributed by atoms with van der Waals surface area (Å²) in [5.74, 6) is 0. The Kier molecular flexibility index (Phi) is 5.14. The van der Waals surface area contributed by atoms with Crippen LogP contribution in [0.3, 0.4) is 0 Å². The Balaban J connectivity index is 1.21. The van der Waals surface area contributed by atoms with E-state index in [1.165, 1.54) is 98.1 Å². The van der Waals surface area contributed by atoms with Crippen molar-refractivity contribution >= 4 is 86.7 Å². The predicted octanol–water partition coefficient (Wildman–Crippen LogP) is 12.5. The normalized spacial score (nSPS) is 12.2. The fraction of sp³-hybridized carbons (Fsp3) is 0. The Morgan fingerprint density at radius 1 is 0.250 bits per heavy atom. The summed E-state index contributed by atoms with van der Waals surface area (Å²) in [6.45, 7) is 0. The zero-order chi connectivity index (χ0) is 31.3. The van der Waals surface area contributed by atoms with E-state index in [9.17, 15) is 0 Å². The van der Waals surface area contributed by atoms with Gasteiger partial charge in [-0.1, -0.05) is 121 Å². The first kappa shape index (κ1) is 25.8.